The standard InChI is InChI=1S/C17H22N2O4/c1-10(2)22-14-7-6-13(8-15(14)21-5)9-18-17(20)16-11(3)19-23-12(16)4/h6-8,10H,9H2,1-5H3,(H,18,20). The van der Waals surface area contributed by atoms with Gasteiger partial charge in [-0.2, -0.15) is 0 Å². The van der Waals surface area contributed by atoms with Crippen molar-refractivity contribution in [2.45, 2.75) is 40.3 Å². The maximum atomic E-state index is 12.2. The van der Waals surface area contributed by atoms with Crippen molar-refractivity contribution in [3.05, 3.63) is 40.8 Å². The topological polar surface area (TPSA) is 73.6 Å². The van der Waals surface area contributed by atoms with Crippen LogP contribution in [-0.4, -0.2) is 24.3 Å². The number of carbonyl (C=O) groups excluding carboxylic acids is 1. The van der Waals surface area contributed by atoms with Crippen molar-refractivity contribution >= 4 is 5.91 Å². The Labute approximate surface area is 135 Å². The average Bonchev–Trinajstić information content (AvgIpc) is 2.84. The molecule has 124 valence electrons. The summed E-state index contributed by atoms with van der Waals surface area (Å²) >= 11 is 0. The third-order valence-electron chi connectivity index (χ3n) is 3.30. The quantitative estimate of drug-likeness (QED) is 0.886. The lowest BCUT2D eigenvalue weighted by Gasteiger charge is -2.14. The number of hydrogen-bond donors (Lipinski definition) is 1. The van der Waals surface area contributed by atoms with Crippen LogP contribution in [0.3, 0.4) is 0 Å². The summed E-state index contributed by atoms with van der Waals surface area (Å²) in [4.78, 5) is 12.2. The molecule has 0 bridgehead atoms. The molecule has 1 aromatic carbocycles. The Morgan fingerprint density at radius 2 is 2.04 bits per heavy atom. The van der Waals surface area contributed by atoms with E-state index >= 15 is 0 Å². The van der Waals surface area contributed by atoms with Gasteiger partial charge in [0.15, 0.2) is 11.5 Å². The number of methoxy groups -OCH3 is 1. The Hall–Kier alpha value is -2.50. The van der Waals surface area contributed by atoms with Gasteiger partial charge >= 0.3 is 0 Å². The normalized spacial score (nSPS) is 10.7. The molecule has 0 atom stereocenters. The van der Waals surface area contributed by atoms with E-state index in [0.717, 1.165) is 5.56 Å². The number of aryl methyl sites for hydroxylation is 2. The van der Waals surface area contributed by atoms with E-state index in [0.29, 0.717) is 35.1 Å². The van der Waals surface area contributed by atoms with Gasteiger partial charge in [0.2, 0.25) is 0 Å². The molecule has 6 nitrogen and oxygen atoms in total. The van der Waals surface area contributed by atoms with Gasteiger partial charge in [-0.15, -0.1) is 0 Å². The van der Waals surface area contributed by atoms with E-state index < -0.39 is 0 Å². The summed E-state index contributed by atoms with van der Waals surface area (Å²) < 4.78 is 16.0. The molecule has 23 heavy (non-hydrogen) atoms. The monoisotopic (exact) mass is 318 g/mol. The maximum Gasteiger partial charge on any atom is 0.257 e. The predicted octanol–water partition coefficient (Wildman–Crippen LogP) is 3.02. The SMILES string of the molecule is COc1cc(CNC(=O)c2c(C)noc2C)ccc1OC(C)C. The highest BCUT2D eigenvalue weighted by molar-refractivity contribution is 5.96. The summed E-state index contributed by atoms with van der Waals surface area (Å²) in [5.74, 6) is 1.63. The minimum absolute atomic E-state index is 0.0639. The van der Waals surface area contributed by atoms with E-state index in [1.54, 1.807) is 21.0 Å². The van der Waals surface area contributed by atoms with Crippen LogP contribution in [0.2, 0.25) is 0 Å². The maximum absolute atomic E-state index is 12.2. The molecular formula is C17H22N2O4. The number of hydrogen-bond acceptors (Lipinski definition) is 5. The first kappa shape index (κ1) is 16.9. The van der Waals surface area contributed by atoms with Crippen molar-refractivity contribution in [3.63, 3.8) is 0 Å². The Morgan fingerprint density at radius 3 is 2.61 bits per heavy atom. The van der Waals surface area contributed by atoms with Crippen molar-refractivity contribution in [1.29, 1.82) is 0 Å². The summed E-state index contributed by atoms with van der Waals surface area (Å²) in [5.41, 5.74) is 1.98. The van der Waals surface area contributed by atoms with Gasteiger partial charge < -0.3 is 19.3 Å². The molecule has 0 spiro atoms. The first-order valence-corrected chi connectivity index (χ1v) is 7.47. The Bertz CT molecular complexity index is 672. The first-order chi connectivity index (χ1) is 10.9. The summed E-state index contributed by atoms with van der Waals surface area (Å²) in [6, 6.07) is 5.59. The van der Waals surface area contributed by atoms with Crippen molar-refractivity contribution in [2.24, 2.45) is 0 Å². The summed E-state index contributed by atoms with van der Waals surface area (Å²) in [5, 5.41) is 6.65. The molecule has 1 N–H and O–H groups in total. The van der Waals surface area contributed by atoms with Crippen molar-refractivity contribution < 1.29 is 18.8 Å². The zero-order valence-electron chi connectivity index (χ0n) is 14.1. The Balaban J connectivity index is 2.07. The highest BCUT2D eigenvalue weighted by atomic mass is 16.5. The van der Waals surface area contributed by atoms with Crippen LogP contribution in [0.5, 0.6) is 11.5 Å². The Kier molecular flexibility index (Phi) is 5.26. The number of rotatable bonds is 6. The minimum Gasteiger partial charge on any atom is -0.493 e. The number of carbonyl (C=O) groups is 1. The molecule has 0 unspecified atom stereocenters. The summed E-state index contributed by atoms with van der Waals surface area (Å²) in [7, 11) is 1.59. The van der Waals surface area contributed by atoms with Crippen LogP contribution in [0, 0.1) is 13.8 Å². The molecule has 0 radical (unpaired) electrons. The Morgan fingerprint density at radius 1 is 1.30 bits per heavy atom. The van der Waals surface area contributed by atoms with E-state index in [9.17, 15) is 4.79 Å². The fraction of sp³-hybridized carbons (Fsp3) is 0.412. The van der Waals surface area contributed by atoms with E-state index in [2.05, 4.69) is 10.5 Å². The van der Waals surface area contributed by atoms with E-state index in [1.165, 1.54) is 0 Å². The second-order valence-corrected chi connectivity index (χ2v) is 5.53. The number of ether oxygens (including phenoxy) is 2. The van der Waals surface area contributed by atoms with Gasteiger partial charge in [-0.05, 0) is 45.4 Å². The zero-order chi connectivity index (χ0) is 17.0. The van der Waals surface area contributed by atoms with Gasteiger partial charge in [-0.3, -0.25) is 4.79 Å². The average molecular weight is 318 g/mol. The van der Waals surface area contributed by atoms with Gasteiger partial charge in [-0.25, -0.2) is 0 Å². The lowest BCUT2D eigenvalue weighted by atomic mass is 10.1. The highest BCUT2D eigenvalue weighted by Crippen LogP contribution is 2.29. The number of nitrogens with zero attached hydrogens (tertiary/aromatic N) is 1. The van der Waals surface area contributed by atoms with Crippen LogP contribution in [0.1, 0.15) is 41.2 Å². The molecule has 6 heteroatoms. The summed E-state index contributed by atoms with van der Waals surface area (Å²) in [6.07, 6.45) is 0.0639. The van der Waals surface area contributed by atoms with Crippen LogP contribution in [0.15, 0.2) is 22.7 Å². The van der Waals surface area contributed by atoms with Gasteiger partial charge in [0.05, 0.1) is 18.9 Å². The van der Waals surface area contributed by atoms with Crippen LogP contribution in [0.25, 0.3) is 0 Å². The number of nitrogens with one attached hydrogen (secondary N) is 1. The molecule has 2 aromatic rings. The number of aromatic nitrogens is 1. The van der Waals surface area contributed by atoms with E-state index in [1.807, 2.05) is 32.0 Å². The third-order valence-corrected chi connectivity index (χ3v) is 3.30. The lowest BCUT2D eigenvalue weighted by molar-refractivity contribution is 0.0949. The molecule has 0 fully saturated rings. The molecule has 0 saturated carbocycles. The molecule has 0 saturated heterocycles. The fourth-order valence-corrected chi connectivity index (χ4v) is 2.25. The van der Waals surface area contributed by atoms with Crippen LogP contribution in [-0.2, 0) is 6.54 Å². The summed E-state index contributed by atoms with van der Waals surface area (Å²) in [6.45, 7) is 7.75. The first-order valence-electron chi connectivity index (χ1n) is 7.47. The molecule has 0 aliphatic carbocycles. The van der Waals surface area contributed by atoms with Crippen molar-refractivity contribution in [1.82, 2.24) is 10.5 Å². The van der Waals surface area contributed by atoms with Gasteiger partial charge in [-0.1, -0.05) is 11.2 Å². The highest BCUT2D eigenvalue weighted by Gasteiger charge is 2.17. The van der Waals surface area contributed by atoms with Gasteiger partial charge in [0.25, 0.3) is 5.91 Å². The van der Waals surface area contributed by atoms with Crippen LogP contribution in [0.4, 0.5) is 0 Å². The predicted molar refractivity (Wildman–Crippen MR) is 85.9 cm³/mol. The molecule has 1 heterocycles. The molecule has 1 aromatic heterocycles. The lowest BCUT2D eigenvalue weighted by Crippen LogP contribution is -2.23. The second-order valence-electron chi connectivity index (χ2n) is 5.53. The molecule has 1 amide bonds. The number of amides is 1. The van der Waals surface area contributed by atoms with E-state index in [-0.39, 0.29) is 12.0 Å². The smallest absolute Gasteiger partial charge is 0.257 e. The molecular weight excluding hydrogens is 296 g/mol. The van der Waals surface area contributed by atoms with Gasteiger partial charge in [0.1, 0.15) is 11.3 Å². The van der Waals surface area contributed by atoms with Gasteiger partial charge in [0, 0.05) is 6.54 Å². The fourth-order valence-electron chi connectivity index (χ4n) is 2.25. The number of benzene rings is 1. The van der Waals surface area contributed by atoms with Crippen LogP contribution < -0.4 is 14.8 Å². The zero-order valence-corrected chi connectivity index (χ0v) is 14.1. The second kappa shape index (κ2) is 7.17. The third kappa shape index (κ3) is 4.03. The molecule has 2 rings (SSSR count). The van der Waals surface area contributed by atoms with Crippen LogP contribution >= 0.6 is 0 Å². The largest absolute Gasteiger partial charge is 0.493 e. The molecule has 0 aliphatic rings. The van der Waals surface area contributed by atoms with Crippen molar-refractivity contribution in [3.8, 4) is 11.5 Å². The minimum atomic E-state index is -0.206. The molecule has 0 aliphatic heterocycles. The van der Waals surface area contributed by atoms with E-state index in [4.69, 9.17) is 14.0 Å². The van der Waals surface area contributed by atoms with Crippen molar-refractivity contribution in [2.75, 3.05) is 7.11 Å².